The van der Waals surface area contributed by atoms with E-state index in [2.05, 4.69) is 29.8 Å². The van der Waals surface area contributed by atoms with Crippen molar-refractivity contribution in [2.24, 2.45) is 5.92 Å². The highest BCUT2D eigenvalue weighted by Gasteiger charge is 2.18. The summed E-state index contributed by atoms with van der Waals surface area (Å²) in [5, 5.41) is 10.7. The summed E-state index contributed by atoms with van der Waals surface area (Å²) >= 11 is 3.26. The van der Waals surface area contributed by atoms with Gasteiger partial charge in [0.25, 0.3) is 11.6 Å². The fourth-order valence-corrected chi connectivity index (χ4v) is 1.97. The van der Waals surface area contributed by atoms with Crippen molar-refractivity contribution in [2.45, 2.75) is 20.3 Å². The first-order valence-electron chi connectivity index (χ1n) is 6.02. The highest BCUT2D eigenvalue weighted by molar-refractivity contribution is 9.10. The topological polar surface area (TPSA) is 63.5 Å². The number of nitro groups is 1. The van der Waals surface area contributed by atoms with Gasteiger partial charge in [0.2, 0.25) is 0 Å². The second-order valence-corrected chi connectivity index (χ2v) is 5.68. The maximum Gasteiger partial charge on any atom is 0.270 e. The third kappa shape index (κ3) is 4.31. The summed E-state index contributed by atoms with van der Waals surface area (Å²) in [5.41, 5.74) is 0.240. The van der Waals surface area contributed by atoms with Gasteiger partial charge in [-0.15, -0.1) is 0 Å². The van der Waals surface area contributed by atoms with Crippen molar-refractivity contribution in [3.05, 3.63) is 38.3 Å². The average Bonchev–Trinajstić information content (AvgIpc) is 2.35. The van der Waals surface area contributed by atoms with E-state index in [4.69, 9.17) is 0 Å². The first-order chi connectivity index (χ1) is 8.82. The van der Waals surface area contributed by atoms with Gasteiger partial charge in [-0.2, -0.15) is 0 Å². The third-order valence-electron chi connectivity index (χ3n) is 2.78. The number of halogens is 1. The molecule has 0 N–H and O–H groups in total. The van der Waals surface area contributed by atoms with Crippen LogP contribution in [-0.2, 0) is 0 Å². The summed E-state index contributed by atoms with van der Waals surface area (Å²) in [6, 6.07) is 4.20. The molecule has 0 aliphatic carbocycles. The van der Waals surface area contributed by atoms with Gasteiger partial charge in [-0.05, 0) is 34.3 Å². The van der Waals surface area contributed by atoms with Crippen LogP contribution >= 0.6 is 15.9 Å². The minimum absolute atomic E-state index is 0.0798. The Labute approximate surface area is 120 Å². The summed E-state index contributed by atoms with van der Waals surface area (Å²) in [4.78, 5) is 24.0. The lowest BCUT2D eigenvalue weighted by Crippen LogP contribution is -2.28. The number of hydrogen-bond acceptors (Lipinski definition) is 3. The summed E-state index contributed by atoms with van der Waals surface area (Å²) < 4.78 is 0.569. The molecule has 1 aromatic carbocycles. The fraction of sp³-hybridized carbons (Fsp3) is 0.462. The standard InChI is InChI=1S/C13H17BrN2O3/c1-9(2)6-7-15(3)13(17)11-8-10(16(18)19)4-5-12(11)14/h4-5,8-9H,6-7H2,1-3H3. The number of benzene rings is 1. The van der Waals surface area contributed by atoms with Gasteiger partial charge in [-0.25, -0.2) is 0 Å². The van der Waals surface area contributed by atoms with Crippen LogP contribution in [0.2, 0.25) is 0 Å². The van der Waals surface area contributed by atoms with E-state index < -0.39 is 4.92 Å². The van der Waals surface area contributed by atoms with Crippen LogP contribution in [0.3, 0.4) is 0 Å². The van der Waals surface area contributed by atoms with Crippen molar-refractivity contribution in [2.75, 3.05) is 13.6 Å². The molecule has 0 spiro atoms. The summed E-state index contributed by atoms with van der Waals surface area (Å²) in [6.07, 6.45) is 0.898. The normalized spacial score (nSPS) is 10.6. The Kier molecular flexibility index (Phi) is 5.47. The third-order valence-corrected chi connectivity index (χ3v) is 3.47. The van der Waals surface area contributed by atoms with Crippen molar-refractivity contribution < 1.29 is 9.72 Å². The van der Waals surface area contributed by atoms with Gasteiger partial charge in [-0.1, -0.05) is 13.8 Å². The largest absolute Gasteiger partial charge is 0.342 e. The van der Waals surface area contributed by atoms with Gasteiger partial charge in [0.15, 0.2) is 0 Å². The van der Waals surface area contributed by atoms with Gasteiger partial charge >= 0.3 is 0 Å². The van der Waals surface area contributed by atoms with E-state index >= 15 is 0 Å². The Hall–Kier alpha value is -1.43. The van der Waals surface area contributed by atoms with Crippen LogP contribution in [0.15, 0.2) is 22.7 Å². The molecule has 0 aromatic heterocycles. The predicted molar refractivity (Wildman–Crippen MR) is 77.2 cm³/mol. The maximum absolute atomic E-state index is 12.2. The second-order valence-electron chi connectivity index (χ2n) is 4.83. The predicted octanol–water partition coefficient (Wildman–Crippen LogP) is 3.48. The van der Waals surface area contributed by atoms with E-state index in [-0.39, 0.29) is 11.6 Å². The smallest absolute Gasteiger partial charge is 0.270 e. The molecule has 19 heavy (non-hydrogen) atoms. The zero-order chi connectivity index (χ0) is 14.6. The number of carbonyl (C=O) groups excluding carboxylic acids is 1. The van der Waals surface area contributed by atoms with Crippen molar-refractivity contribution in [3.63, 3.8) is 0 Å². The molecule has 0 bridgehead atoms. The highest BCUT2D eigenvalue weighted by Crippen LogP contribution is 2.23. The SMILES string of the molecule is CC(C)CCN(C)C(=O)c1cc([N+](=O)[O-])ccc1Br. The molecule has 0 heterocycles. The maximum atomic E-state index is 12.2. The van der Waals surface area contributed by atoms with Gasteiger partial charge < -0.3 is 4.90 Å². The first-order valence-corrected chi connectivity index (χ1v) is 6.81. The number of rotatable bonds is 5. The molecule has 0 saturated heterocycles. The number of carbonyl (C=O) groups is 1. The fourth-order valence-electron chi connectivity index (χ4n) is 1.55. The van der Waals surface area contributed by atoms with Crippen molar-refractivity contribution in [1.29, 1.82) is 0 Å². The lowest BCUT2D eigenvalue weighted by molar-refractivity contribution is -0.384. The Bertz CT molecular complexity index is 489. The molecular formula is C13H17BrN2O3. The second kappa shape index (κ2) is 6.65. The molecule has 6 heteroatoms. The van der Waals surface area contributed by atoms with Crippen LogP contribution in [0.5, 0.6) is 0 Å². The number of non-ortho nitro benzene ring substituents is 1. The molecule has 0 saturated carbocycles. The molecule has 104 valence electrons. The Morgan fingerprint density at radius 3 is 2.63 bits per heavy atom. The van der Waals surface area contributed by atoms with Crippen LogP contribution in [0.4, 0.5) is 5.69 Å². The van der Waals surface area contributed by atoms with E-state index in [1.165, 1.54) is 18.2 Å². The van der Waals surface area contributed by atoms with Crippen LogP contribution in [0.1, 0.15) is 30.6 Å². The molecule has 1 amide bonds. The van der Waals surface area contributed by atoms with Gasteiger partial charge in [0.05, 0.1) is 10.5 Å². The number of nitrogens with zero attached hydrogens (tertiary/aromatic N) is 2. The molecule has 0 atom stereocenters. The molecule has 1 rings (SSSR count). The summed E-state index contributed by atoms with van der Waals surface area (Å²) in [5.74, 6) is 0.292. The van der Waals surface area contributed by atoms with E-state index in [9.17, 15) is 14.9 Å². The molecule has 1 aromatic rings. The van der Waals surface area contributed by atoms with E-state index in [1.807, 2.05) is 0 Å². The summed E-state index contributed by atoms with van der Waals surface area (Å²) in [7, 11) is 1.70. The molecule has 0 aliphatic heterocycles. The Balaban J connectivity index is 2.92. The summed E-state index contributed by atoms with van der Waals surface area (Å²) in [6.45, 7) is 4.80. The Morgan fingerprint density at radius 1 is 1.47 bits per heavy atom. The van der Waals surface area contributed by atoms with Crippen LogP contribution in [0.25, 0.3) is 0 Å². The van der Waals surface area contributed by atoms with Crippen LogP contribution < -0.4 is 0 Å². The molecule has 0 aliphatic rings. The average molecular weight is 329 g/mol. The molecule has 5 nitrogen and oxygen atoms in total. The van der Waals surface area contributed by atoms with E-state index in [0.717, 1.165) is 6.42 Å². The molecule has 0 fully saturated rings. The molecule has 0 radical (unpaired) electrons. The van der Waals surface area contributed by atoms with Crippen molar-refractivity contribution >= 4 is 27.5 Å². The van der Waals surface area contributed by atoms with Gasteiger partial charge in [0, 0.05) is 30.2 Å². The van der Waals surface area contributed by atoms with Gasteiger partial charge in [-0.3, -0.25) is 14.9 Å². The number of nitro benzene ring substituents is 1. The lowest BCUT2D eigenvalue weighted by Gasteiger charge is -2.18. The van der Waals surface area contributed by atoms with Crippen LogP contribution in [-0.4, -0.2) is 29.3 Å². The van der Waals surface area contributed by atoms with Crippen molar-refractivity contribution in [3.8, 4) is 0 Å². The monoisotopic (exact) mass is 328 g/mol. The van der Waals surface area contributed by atoms with Crippen molar-refractivity contribution in [1.82, 2.24) is 4.90 Å². The van der Waals surface area contributed by atoms with Crippen LogP contribution in [0, 0.1) is 16.0 Å². The van der Waals surface area contributed by atoms with Gasteiger partial charge in [0.1, 0.15) is 0 Å². The zero-order valence-electron chi connectivity index (χ0n) is 11.2. The van der Waals surface area contributed by atoms with E-state index in [1.54, 1.807) is 11.9 Å². The van der Waals surface area contributed by atoms with E-state index in [0.29, 0.717) is 22.5 Å². The number of hydrogen-bond donors (Lipinski definition) is 0. The molecular weight excluding hydrogens is 312 g/mol. The lowest BCUT2D eigenvalue weighted by atomic mass is 10.1. The minimum atomic E-state index is -0.503. The molecule has 0 unspecified atom stereocenters. The quantitative estimate of drug-likeness (QED) is 0.614. The first kappa shape index (κ1) is 15.6. The zero-order valence-corrected chi connectivity index (χ0v) is 12.8. The Morgan fingerprint density at radius 2 is 2.11 bits per heavy atom. The highest BCUT2D eigenvalue weighted by atomic mass is 79.9. The minimum Gasteiger partial charge on any atom is -0.342 e. The number of amides is 1.